The molecule has 8 nitrogen and oxygen atoms in total. The summed E-state index contributed by atoms with van der Waals surface area (Å²) in [6, 6.07) is 8.68. The first-order valence-electron chi connectivity index (χ1n) is 8.82. The maximum absolute atomic E-state index is 12.3. The molecule has 0 bridgehead atoms. The van der Waals surface area contributed by atoms with Gasteiger partial charge in [0.25, 0.3) is 0 Å². The van der Waals surface area contributed by atoms with Crippen molar-refractivity contribution >= 4 is 18.2 Å². The predicted octanol–water partition coefficient (Wildman–Crippen LogP) is 2.62. The Bertz CT molecular complexity index is 671. The van der Waals surface area contributed by atoms with Crippen molar-refractivity contribution in [3.8, 4) is 0 Å². The second-order valence-corrected chi connectivity index (χ2v) is 7.56. The fraction of sp³-hybridized carbons (Fsp3) is 0.526. The molecular weight excluding hydrogens is 352 g/mol. The molecule has 0 aromatic heterocycles. The Morgan fingerprint density at radius 2 is 1.85 bits per heavy atom. The summed E-state index contributed by atoms with van der Waals surface area (Å²) in [6.45, 7) is 5.53. The van der Waals surface area contributed by atoms with Crippen LogP contribution < -0.4 is 5.32 Å². The summed E-state index contributed by atoms with van der Waals surface area (Å²) < 4.78 is 10.5. The van der Waals surface area contributed by atoms with Crippen molar-refractivity contribution in [1.82, 2.24) is 10.2 Å². The number of ether oxygens (including phenoxy) is 2. The zero-order valence-corrected chi connectivity index (χ0v) is 15.8. The van der Waals surface area contributed by atoms with Gasteiger partial charge in [0.1, 0.15) is 12.2 Å². The highest BCUT2D eigenvalue weighted by Crippen LogP contribution is 2.20. The minimum absolute atomic E-state index is 0.0431. The third-order valence-electron chi connectivity index (χ3n) is 3.99. The van der Waals surface area contributed by atoms with E-state index in [0.717, 1.165) is 5.56 Å². The third-order valence-corrected chi connectivity index (χ3v) is 3.99. The molecule has 8 heteroatoms. The van der Waals surface area contributed by atoms with E-state index in [9.17, 15) is 19.5 Å². The molecule has 1 fully saturated rings. The number of benzene rings is 1. The molecule has 2 N–H and O–H groups in total. The van der Waals surface area contributed by atoms with Crippen LogP contribution in [0.1, 0.15) is 32.8 Å². The van der Waals surface area contributed by atoms with Gasteiger partial charge in [-0.05, 0) is 32.8 Å². The number of carboxylic acids is 1. The number of nitrogens with zero attached hydrogens (tertiary/aromatic N) is 1. The zero-order chi connectivity index (χ0) is 20.0. The quantitative estimate of drug-likeness (QED) is 0.834. The van der Waals surface area contributed by atoms with Crippen LogP contribution in [0.4, 0.5) is 9.59 Å². The summed E-state index contributed by atoms with van der Waals surface area (Å²) in [7, 11) is 0. The van der Waals surface area contributed by atoms with Gasteiger partial charge < -0.3 is 24.8 Å². The van der Waals surface area contributed by atoms with Gasteiger partial charge in [0.15, 0.2) is 0 Å². The van der Waals surface area contributed by atoms with E-state index in [2.05, 4.69) is 5.32 Å². The number of alkyl carbamates (subject to hydrolysis) is 1. The zero-order valence-electron chi connectivity index (χ0n) is 15.8. The summed E-state index contributed by atoms with van der Waals surface area (Å²) in [4.78, 5) is 37.1. The minimum atomic E-state index is -1.02. The number of piperidine rings is 1. The summed E-state index contributed by atoms with van der Waals surface area (Å²) >= 11 is 0. The average molecular weight is 378 g/mol. The number of carboxylic acid groups (broad SMARTS) is 1. The Labute approximate surface area is 158 Å². The molecule has 0 unspecified atom stereocenters. The van der Waals surface area contributed by atoms with Crippen molar-refractivity contribution in [3.63, 3.8) is 0 Å². The Kier molecular flexibility index (Phi) is 6.65. The molecule has 2 atom stereocenters. The molecule has 2 amide bonds. The van der Waals surface area contributed by atoms with Gasteiger partial charge in [-0.25, -0.2) is 9.59 Å². The first-order chi connectivity index (χ1) is 12.6. The summed E-state index contributed by atoms with van der Waals surface area (Å²) in [5.41, 5.74) is 0.153. The van der Waals surface area contributed by atoms with Gasteiger partial charge in [0.05, 0.1) is 12.0 Å². The van der Waals surface area contributed by atoms with Crippen molar-refractivity contribution in [3.05, 3.63) is 35.9 Å². The Balaban J connectivity index is 1.94. The molecule has 1 heterocycles. The van der Waals surface area contributed by atoms with Gasteiger partial charge in [0.2, 0.25) is 0 Å². The van der Waals surface area contributed by atoms with E-state index < -0.39 is 35.7 Å². The van der Waals surface area contributed by atoms with Crippen LogP contribution >= 0.6 is 0 Å². The highest BCUT2D eigenvalue weighted by Gasteiger charge is 2.36. The highest BCUT2D eigenvalue weighted by molar-refractivity contribution is 5.74. The van der Waals surface area contributed by atoms with Gasteiger partial charge >= 0.3 is 18.2 Å². The molecule has 0 radical (unpaired) electrons. The number of likely N-dealkylation sites (tertiary alicyclic amines) is 1. The molecular formula is C19H26N2O6. The fourth-order valence-electron chi connectivity index (χ4n) is 2.79. The smallest absolute Gasteiger partial charge is 0.410 e. The van der Waals surface area contributed by atoms with E-state index in [1.165, 1.54) is 4.90 Å². The van der Waals surface area contributed by atoms with Gasteiger partial charge in [0, 0.05) is 13.1 Å². The lowest BCUT2D eigenvalue weighted by molar-refractivity contribution is -0.143. The highest BCUT2D eigenvalue weighted by atomic mass is 16.6. The normalized spacial score (nSPS) is 19.9. The van der Waals surface area contributed by atoms with Crippen LogP contribution in [0.25, 0.3) is 0 Å². The third kappa shape index (κ3) is 6.80. The van der Waals surface area contributed by atoms with Crippen molar-refractivity contribution < 1.29 is 29.0 Å². The number of nitrogens with one attached hydrogen (secondary N) is 1. The van der Waals surface area contributed by atoms with Crippen LogP contribution in [-0.4, -0.2) is 52.9 Å². The van der Waals surface area contributed by atoms with E-state index >= 15 is 0 Å². The Morgan fingerprint density at radius 1 is 1.19 bits per heavy atom. The van der Waals surface area contributed by atoms with Crippen molar-refractivity contribution in [1.29, 1.82) is 0 Å². The average Bonchev–Trinajstić information content (AvgIpc) is 2.59. The second kappa shape index (κ2) is 8.75. The summed E-state index contributed by atoms with van der Waals surface area (Å²) in [6.07, 6.45) is -1.04. The molecule has 27 heavy (non-hydrogen) atoms. The summed E-state index contributed by atoms with van der Waals surface area (Å²) in [5.74, 6) is -1.81. The van der Waals surface area contributed by atoms with Gasteiger partial charge in [-0.15, -0.1) is 0 Å². The lowest BCUT2D eigenvalue weighted by atomic mass is 9.94. The fourth-order valence-corrected chi connectivity index (χ4v) is 2.79. The van der Waals surface area contributed by atoms with E-state index in [4.69, 9.17) is 9.47 Å². The number of amides is 2. The lowest BCUT2D eigenvalue weighted by Crippen LogP contribution is -2.54. The van der Waals surface area contributed by atoms with Crippen LogP contribution in [-0.2, 0) is 20.9 Å². The van der Waals surface area contributed by atoms with E-state index in [-0.39, 0.29) is 26.1 Å². The largest absolute Gasteiger partial charge is 0.481 e. The van der Waals surface area contributed by atoms with E-state index in [1.807, 2.05) is 30.3 Å². The number of hydrogen-bond donors (Lipinski definition) is 2. The molecule has 1 aromatic rings. The maximum Gasteiger partial charge on any atom is 0.410 e. The molecule has 0 spiro atoms. The molecule has 148 valence electrons. The van der Waals surface area contributed by atoms with Crippen molar-refractivity contribution in [2.75, 3.05) is 13.1 Å². The van der Waals surface area contributed by atoms with E-state index in [0.29, 0.717) is 0 Å². The number of hydrogen-bond acceptors (Lipinski definition) is 5. The second-order valence-electron chi connectivity index (χ2n) is 7.56. The molecule has 1 aromatic carbocycles. The van der Waals surface area contributed by atoms with Crippen molar-refractivity contribution in [2.45, 2.75) is 45.4 Å². The lowest BCUT2D eigenvalue weighted by Gasteiger charge is -2.36. The predicted molar refractivity (Wildman–Crippen MR) is 97.1 cm³/mol. The number of rotatable bonds is 4. The Hall–Kier alpha value is -2.77. The van der Waals surface area contributed by atoms with E-state index in [1.54, 1.807) is 20.8 Å². The van der Waals surface area contributed by atoms with Gasteiger partial charge in [-0.2, -0.15) is 0 Å². The van der Waals surface area contributed by atoms with Crippen LogP contribution in [0.5, 0.6) is 0 Å². The number of carbonyl (C=O) groups is 3. The number of carbonyl (C=O) groups excluding carboxylic acids is 2. The standard InChI is InChI=1S/C19H26N2O6/c1-19(2,3)27-18(25)21-10-14(16(22)23)9-15(11-21)20-17(24)26-12-13-7-5-4-6-8-13/h4-8,14-15H,9-12H2,1-3H3,(H,20,24)(H,22,23)/t14-,15-/m1/s1. The minimum Gasteiger partial charge on any atom is -0.481 e. The maximum atomic E-state index is 12.3. The van der Waals surface area contributed by atoms with Gasteiger partial charge in [-0.1, -0.05) is 30.3 Å². The first-order valence-corrected chi connectivity index (χ1v) is 8.82. The first kappa shape index (κ1) is 20.5. The van der Waals surface area contributed by atoms with Crippen LogP contribution in [0.15, 0.2) is 30.3 Å². The van der Waals surface area contributed by atoms with Crippen LogP contribution in [0.3, 0.4) is 0 Å². The molecule has 1 aliphatic heterocycles. The summed E-state index contributed by atoms with van der Waals surface area (Å²) in [5, 5.41) is 12.0. The molecule has 1 saturated heterocycles. The Morgan fingerprint density at radius 3 is 2.44 bits per heavy atom. The molecule has 0 aliphatic carbocycles. The van der Waals surface area contributed by atoms with Crippen molar-refractivity contribution in [2.24, 2.45) is 5.92 Å². The molecule has 0 saturated carbocycles. The number of aliphatic carboxylic acids is 1. The molecule has 1 aliphatic rings. The van der Waals surface area contributed by atoms with Gasteiger partial charge in [-0.3, -0.25) is 4.79 Å². The van der Waals surface area contributed by atoms with Crippen LogP contribution in [0, 0.1) is 5.92 Å². The monoisotopic (exact) mass is 378 g/mol. The molecule has 2 rings (SSSR count). The SMILES string of the molecule is CC(C)(C)OC(=O)N1C[C@H](NC(=O)OCc2ccccc2)C[C@@H](C(=O)O)C1. The topological polar surface area (TPSA) is 105 Å². The van der Waals surface area contributed by atoms with Crippen LogP contribution in [0.2, 0.25) is 0 Å².